The maximum atomic E-state index is 13.2. The molecule has 1 atom stereocenters. The fraction of sp³-hybridized carbons (Fsp3) is 0.781. The number of alkyl halides is 3. The van der Waals surface area contributed by atoms with E-state index in [1.165, 1.54) is 32.1 Å². The molecule has 2 N–H and O–H groups in total. The van der Waals surface area contributed by atoms with E-state index in [0.717, 1.165) is 94.6 Å². The Morgan fingerprint density at radius 2 is 1.66 bits per heavy atom. The van der Waals surface area contributed by atoms with E-state index in [1.54, 1.807) is 0 Å². The molecule has 1 unspecified atom stereocenters. The van der Waals surface area contributed by atoms with E-state index < -0.39 is 12.1 Å². The van der Waals surface area contributed by atoms with Crippen LogP contribution in [0.25, 0.3) is 0 Å². The molecule has 0 aromatic carbocycles. The van der Waals surface area contributed by atoms with Crippen molar-refractivity contribution >= 4 is 18.0 Å². The van der Waals surface area contributed by atoms with Crippen molar-refractivity contribution in [2.75, 3.05) is 32.7 Å². The topological polar surface area (TPSA) is 106 Å². The van der Waals surface area contributed by atoms with Crippen LogP contribution in [0.3, 0.4) is 0 Å². The van der Waals surface area contributed by atoms with Crippen LogP contribution in [0, 0.1) is 19.8 Å². The zero-order chi connectivity index (χ0) is 32.1. The summed E-state index contributed by atoms with van der Waals surface area (Å²) in [4.78, 5) is 45.1. The van der Waals surface area contributed by atoms with Crippen LogP contribution in [0.5, 0.6) is 0 Å². The van der Waals surface area contributed by atoms with Crippen LogP contribution in [-0.2, 0) is 9.53 Å². The van der Waals surface area contributed by atoms with Gasteiger partial charge >= 0.3 is 18.2 Å². The molecule has 4 heterocycles. The molecule has 248 valence electrons. The van der Waals surface area contributed by atoms with E-state index in [-0.39, 0.29) is 23.6 Å². The fourth-order valence-electron chi connectivity index (χ4n) is 7.62. The number of aryl methyl sites for hydroxylation is 2. The number of amides is 2. The second-order valence-electron chi connectivity index (χ2n) is 13.1. The van der Waals surface area contributed by atoms with Crippen LogP contribution in [0.15, 0.2) is 6.07 Å². The molecule has 2 amide bonds. The first-order valence-corrected chi connectivity index (χ1v) is 16.3. The van der Waals surface area contributed by atoms with Gasteiger partial charge in [0.25, 0.3) is 5.91 Å². The Balaban J connectivity index is 0.000000566. The van der Waals surface area contributed by atoms with Crippen LogP contribution in [0.4, 0.5) is 18.0 Å². The summed E-state index contributed by atoms with van der Waals surface area (Å²) in [6, 6.07) is 2.79. The second-order valence-corrected chi connectivity index (χ2v) is 13.1. The number of carbonyl (C=O) groups excluding carboxylic acids is 2. The maximum Gasteiger partial charge on any atom is 0.490 e. The maximum absolute atomic E-state index is 13.2. The van der Waals surface area contributed by atoms with Gasteiger partial charge in [-0.25, -0.2) is 9.59 Å². The SMILES string of the molecule is CCCCC1N(CC2CCCCC2)C(=O)OC12CCN(C1CCN(C(=O)c3[nH]c(C)cc3C)CC1)CC2.O=C(O)C(F)(F)F. The van der Waals surface area contributed by atoms with Crippen molar-refractivity contribution in [2.24, 2.45) is 5.92 Å². The number of nitrogens with zero attached hydrogens (tertiary/aromatic N) is 3. The van der Waals surface area contributed by atoms with Crippen molar-refractivity contribution in [1.29, 1.82) is 0 Å². The van der Waals surface area contributed by atoms with Crippen LogP contribution >= 0.6 is 0 Å². The van der Waals surface area contributed by atoms with Gasteiger partial charge in [0, 0.05) is 57.3 Å². The largest absolute Gasteiger partial charge is 0.490 e. The van der Waals surface area contributed by atoms with E-state index in [0.29, 0.717) is 12.0 Å². The highest BCUT2D eigenvalue weighted by Gasteiger charge is 2.55. The highest BCUT2D eigenvalue weighted by atomic mass is 19.4. The molecule has 1 aromatic rings. The number of ether oxygens (including phenoxy) is 1. The number of carbonyl (C=O) groups is 3. The molecule has 44 heavy (non-hydrogen) atoms. The summed E-state index contributed by atoms with van der Waals surface area (Å²) < 4.78 is 38.0. The molecule has 3 saturated heterocycles. The number of carboxylic acid groups (broad SMARTS) is 1. The number of nitrogens with one attached hydrogen (secondary N) is 1. The lowest BCUT2D eigenvalue weighted by Gasteiger charge is -2.46. The Morgan fingerprint density at radius 3 is 2.18 bits per heavy atom. The third kappa shape index (κ3) is 8.09. The molecular weight excluding hydrogens is 577 g/mol. The predicted octanol–water partition coefficient (Wildman–Crippen LogP) is 6.30. The van der Waals surface area contributed by atoms with Crippen LogP contribution in [0.2, 0.25) is 0 Å². The van der Waals surface area contributed by atoms with Crippen LogP contribution in [-0.4, -0.2) is 99.3 Å². The van der Waals surface area contributed by atoms with Gasteiger partial charge in [0.05, 0.1) is 6.04 Å². The number of carboxylic acids is 1. The van der Waals surface area contributed by atoms with Gasteiger partial charge in [0.1, 0.15) is 11.3 Å². The monoisotopic (exact) mass is 626 g/mol. The van der Waals surface area contributed by atoms with Gasteiger partial charge in [-0.1, -0.05) is 39.0 Å². The van der Waals surface area contributed by atoms with E-state index in [2.05, 4.69) is 21.7 Å². The summed E-state index contributed by atoms with van der Waals surface area (Å²) >= 11 is 0. The molecule has 1 spiro atoms. The first-order chi connectivity index (χ1) is 20.8. The Bertz CT molecular complexity index is 1130. The average molecular weight is 627 g/mol. The van der Waals surface area contributed by atoms with Crippen molar-refractivity contribution in [2.45, 2.75) is 122 Å². The molecule has 3 aliphatic heterocycles. The number of aromatic amines is 1. The lowest BCUT2D eigenvalue weighted by Crippen LogP contribution is -2.56. The molecular formula is C32H49F3N4O5. The third-order valence-electron chi connectivity index (χ3n) is 10.0. The minimum atomic E-state index is -5.08. The first kappa shape index (κ1) is 34.1. The van der Waals surface area contributed by atoms with Crippen molar-refractivity contribution in [3.8, 4) is 0 Å². The summed E-state index contributed by atoms with van der Waals surface area (Å²) in [7, 11) is 0. The van der Waals surface area contributed by atoms with E-state index in [4.69, 9.17) is 14.6 Å². The van der Waals surface area contributed by atoms with Gasteiger partial charge < -0.3 is 24.6 Å². The quantitative estimate of drug-likeness (QED) is 0.368. The van der Waals surface area contributed by atoms with Gasteiger partial charge in [0.15, 0.2) is 0 Å². The number of H-pyrrole nitrogens is 1. The van der Waals surface area contributed by atoms with Crippen LogP contribution in [0.1, 0.15) is 106 Å². The highest BCUT2D eigenvalue weighted by Crippen LogP contribution is 2.43. The number of aromatic nitrogens is 1. The molecule has 9 nitrogen and oxygen atoms in total. The lowest BCUT2D eigenvalue weighted by atomic mass is 9.80. The molecule has 4 aliphatic rings. The number of hydrogen-bond acceptors (Lipinski definition) is 5. The first-order valence-electron chi connectivity index (χ1n) is 16.3. The van der Waals surface area contributed by atoms with E-state index in [9.17, 15) is 22.8 Å². The van der Waals surface area contributed by atoms with Crippen molar-refractivity contribution < 1.29 is 37.4 Å². The summed E-state index contributed by atoms with van der Waals surface area (Å²) in [6.07, 6.45) is 8.63. The van der Waals surface area contributed by atoms with Gasteiger partial charge in [-0.15, -0.1) is 0 Å². The van der Waals surface area contributed by atoms with E-state index >= 15 is 0 Å². The van der Waals surface area contributed by atoms with Gasteiger partial charge in [-0.2, -0.15) is 13.2 Å². The second kappa shape index (κ2) is 14.6. The van der Waals surface area contributed by atoms with Gasteiger partial charge in [0.2, 0.25) is 0 Å². The van der Waals surface area contributed by atoms with Crippen molar-refractivity contribution in [1.82, 2.24) is 19.7 Å². The number of rotatable bonds is 7. The molecule has 0 bridgehead atoms. The minimum absolute atomic E-state index is 0.0539. The van der Waals surface area contributed by atoms with Gasteiger partial charge in [-0.05, 0) is 63.5 Å². The lowest BCUT2D eigenvalue weighted by molar-refractivity contribution is -0.192. The number of halogens is 3. The number of hydrogen-bond donors (Lipinski definition) is 2. The minimum Gasteiger partial charge on any atom is -0.475 e. The van der Waals surface area contributed by atoms with Crippen molar-refractivity contribution in [3.05, 3.63) is 23.0 Å². The Hall–Kier alpha value is -2.76. The number of likely N-dealkylation sites (tertiary alicyclic amines) is 2. The van der Waals surface area contributed by atoms with Gasteiger partial charge in [-0.3, -0.25) is 9.69 Å². The predicted molar refractivity (Wildman–Crippen MR) is 159 cm³/mol. The molecule has 1 aromatic heterocycles. The molecule has 0 radical (unpaired) electrons. The molecule has 5 rings (SSSR count). The number of piperidine rings is 2. The zero-order valence-electron chi connectivity index (χ0n) is 26.4. The summed E-state index contributed by atoms with van der Waals surface area (Å²) in [5.41, 5.74) is 2.51. The Labute approximate surface area is 258 Å². The average Bonchev–Trinajstić information content (AvgIpc) is 3.46. The Kier molecular flexibility index (Phi) is 11.3. The smallest absolute Gasteiger partial charge is 0.475 e. The van der Waals surface area contributed by atoms with Crippen molar-refractivity contribution in [3.63, 3.8) is 0 Å². The highest BCUT2D eigenvalue weighted by molar-refractivity contribution is 5.94. The summed E-state index contributed by atoms with van der Waals surface area (Å²) in [5.74, 6) is -1.98. The number of aliphatic carboxylic acids is 1. The Morgan fingerprint density at radius 1 is 1.05 bits per heavy atom. The normalized spacial score (nSPS) is 23.4. The third-order valence-corrected chi connectivity index (χ3v) is 10.0. The fourth-order valence-corrected chi connectivity index (χ4v) is 7.62. The van der Waals surface area contributed by atoms with Crippen LogP contribution < -0.4 is 0 Å². The summed E-state index contributed by atoms with van der Waals surface area (Å²) in [5, 5.41) is 7.12. The van der Waals surface area contributed by atoms with E-state index in [1.807, 2.05) is 24.8 Å². The molecule has 1 saturated carbocycles. The standard InChI is InChI=1S/C30H48N4O3.C2HF3O2/c1-4-5-11-26-30(37-29(36)34(26)21-24-9-7-6-8-10-24)14-18-32(19-15-30)25-12-16-33(17-13-25)28(35)27-22(2)20-23(3)31-27;3-2(4,5)1(6)7/h20,24-26,31H,4-19,21H2,1-3H3;(H,6,7). The molecule has 4 fully saturated rings. The molecule has 1 aliphatic carbocycles. The number of unbranched alkanes of at least 4 members (excludes halogenated alkanes) is 1. The zero-order valence-corrected chi connectivity index (χ0v) is 26.4. The summed E-state index contributed by atoms with van der Waals surface area (Å²) in [6.45, 7) is 10.7. The molecule has 12 heteroatoms.